The Balaban J connectivity index is 1.49. The van der Waals surface area contributed by atoms with E-state index in [2.05, 4.69) is 34.6 Å². The van der Waals surface area contributed by atoms with Crippen LogP contribution < -0.4 is 5.32 Å². The highest BCUT2D eigenvalue weighted by Crippen LogP contribution is 2.09. The first-order valence-corrected chi connectivity index (χ1v) is 8.00. The molecule has 112 valence electrons. The lowest BCUT2D eigenvalue weighted by Gasteiger charge is -2.07. The zero-order valence-electron chi connectivity index (χ0n) is 12.1. The maximum atomic E-state index is 11.8. The molecule has 0 unspecified atom stereocenters. The molecule has 0 spiro atoms. The molecule has 2 heterocycles. The van der Waals surface area contributed by atoms with Crippen LogP contribution in [0.5, 0.6) is 0 Å². The molecule has 0 atom stereocenters. The Morgan fingerprint density at radius 2 is 2.00 bits per heavy atom. The SMILES string of the molecule is O=C(Cc1cccs1)NCc1ccc(Cn2ccnc2)cc1. The van der Waals surface area contributed by atoms with Crippen LogP contribution in [0.1, 0.15) is 16.0 Å². The summed E-state index contributed by atoms with van der Waals surface area (Å²) in [5.41, 5.74) is 2.32. The number of carbonyl (C=O) groups excluding carboxylic acids is 1. The van der Waals surface area contributed by atoms with Crippen LogP contribution in [0.2, 0.25) is 0 Å². The molecule has 1 amide bonds. The summed E-state index contributed by atoms with van der Waals surface area (Å²) in [6.07, 6.45) is 5.98. The van der Waals surface area contributed by atoms with Crippen molar-refractivity contribution in [2.45, 2.75) is 19.5 Å². The van der Waals surface area contributed by atoms with Gasteiger partial charge in [0, 0.05) is 30.4 Å². The lowest BCUT2D eigenvalue weighted by atomic mass is 10.1. The Morgan fingerprint density at radius 3 is 2.68 bits per heavy atom. The second-order valence-electron chi connectivity index (χ2n) is 5.08. The molecule has 4 nitrogen and oxygen atoms in total. The number of thiophene rings is 1. The van der Waals surface area contributed by atoms with Crippen LogP contribution in [0.15, 0.2) is 60.5 Å². The van der Waals surface area contributed by atoms with E-state index in [1.54, 1.807) is 23.9 Å². The summed E-state index contributed by atoms with van der Waals surface area (Å²) in [5, 5.41) is 4.94. The number of aromatic nitrogens is 2. The van der Waals surface area contributed by atoms with Gasteiger partial charge in [0.25, 0.3) is 0 Å². The summed E-state index contributed by atoms with van der Waals surface area (Å²) in [5.74, 6) is 0.0601. The molecule has 3 aromatic rings. The van der Waals surface area contributed by atoms with Gasteiger partial charge in [0.2, 0.25) is 5.91 Å². The second-order valence-corrected chi connectivity index (χ2v) is 6.12. The number of benzene rings is 1. The Bertz CT molecular complexity index is 703. The highest BCUT2D eigenvalue weighted by atomic mass is 32.1. The smallest absolute Gasteiger partial charge is 0.225 e. The first-order valence-electron chi connectivity index (χ1n) is 7.12. The highest BCUT2D eigenvalue weighted by molar-refractivity contribution is 7.10. The number of rotatable bonds is 6. The molecule has 0 saturated carbocycles. The lowest BCUT2D eigenvalue weighted by Crippen LogP contribution is -2.24. The Morgan fingerprint density at radius 1 is 1.18 bits per heavy atom. The van der Waals surface area contributed by atoms with Gasteiger partial charge in [-0.05, 0) is 22.6 Å². The van der Waals surface area contributed by atoms with E-state index < -0.39 is 0 Å². The average Bonchev–Trinajstić information content (AvgIpc) is 3.20. The minimum atomic E-state index is 0.0601. The molecule has 0 bridgehead atoms. The van der Waals surface area contributed by atoms with Crippen molar-refractivity contribution in [1.29, 1.82) is 0 Å². The van der Waals surface area contributed by atoms with E-state index in [-0.39, 0.29) is 5.91 Å². The number of hydrogen-bond acceptors (Lipinski definition) is 3. The predicted molar refractivity (Wildman–Crippen MR) is 87.6 cm³/mol. The van der Waals surface area contributed by atoms with Gasteiger partial charge in [-0.1, -0.05) is 30.3 Å². The number of nitrogens with one attached hydrogen (secondary N) is 1. The zero-order chi connectivity index (χ0) is 15.2. The summed E-state index contributed by atoms with van der Waals surface area (Å²) in [6.45, 7) is 1.38. The average molecular weight is 311 g/mol. The highest BCUT2D eigenvalue weighted by Gasteiger charge is 2.04. The van der Waals surface area contributed by atoms with E-state index in [1.165, 1.54) is 5.56 Å². The second kappa shape index (κ2) is 7.04. The third kappa shape index (κ3) is 4.05. The van der Waals surface area contributed by atoms with Crippen LogP contribution in [0.4, 0.5) is 0 Å². The number of nitrogens with zero attached hydrogens (tertiary/aromatic N) is 2. The van der Waals surface area contributed by atoms with Crippen molar-refractivity contribution < 1.29 is 4.79 Å². The van der Waals surface area contributed by atoms with Gasteiger partial charge in [-0.15, -0.1) is 11.3 Å². The topological polar surface area (TPSA) is 46.9 Å². The fourth-order valence-electron chi connectivity index (χ4n) is 2.19. The van der Waals surface area contributed by atoms with Crippen LogP contribution in [-0.2, 0) is 24.3 Å². The molecule has 1 N–H and O–H groups in total. The number of hydrogen-bond donors (Lipinski definition) is 1. The van der Waals surface area contributed by atoms with E-state index >= 15 is 0 Å². The van der Waals surface area contributed by atoms with Gasteiger partial charge in [-0.2, -0.15) is 0 Å². The molecule has 0 saturated heterocycles. The molecule has 0 aliphatic carbocycles. The summed E-state index contributed by atoms with van der Waals surface area (Å²) in [4.78, 5) is 17.0. The Kier molecular flexibility index (Phi) is 4.65. The molecule has 0 aliphatic heterocycles. The van der Waals surface area contributed by atoms with E-state index in [0.29, 0.717) is 13.0 Å². The van der Waals surface area contributed by atoms with Gasteiger partial charge >= 0.3 is 0 Å². The molecule has 0 fully saturated rings. The van der Waals surface area contributed by atoms with E-state index in [9.17, 15) is 4.79 Å². The standard InChI is InChI=1S/C17H17N3OS/c21-17(10-16-2-1-9-22-16)19-11-14-3-5-15(6-4-14)12-20-8-7-18-13-20/h1-9,13H,10-12H2,(H,19,21). The summed E-state index contributed by atoms with van der Waals surface area (Å²) >= 11 is 1.61. The first kappa shape index (κ1) is 14.5. The van der Waals surface area contributed by atoms with E-state index in [1.807, 2.05) is 28.3 Å². The third-order valence-corrected chi connectivity index (χ3v) is 4.23. The maximum absolute atomic E-state index is 11.8. The normalized spacial score (nSPS) is 10.5. The van der Waals surface area contributed by atoms with Crippen LogP contribution in [-0.4, -0.2) is 15.5 Å². The van der Waals surface area contributed by atoms with Crippen LogP contribution in [0.3, 0.4) is 0 Å². The monoisotopic (exact) mass is 311 g/mol. The lowest BCUT2D eigenvalue weighted by molar-refractivity contribution is -0.120. The van der Waals surface area contributed by atoms with Gasteiger partial charge in [0.05, 0.1) is 12.7 Å². The van der Waals surface area contributed by atoms with Gasteiger partial charge < -0.3 is 9.88 Å². The van der Waals surface area contributed by atoms with Crippen molar-refractivity contribution >= 4 is 17.2 Å². The van der Waals surface area contributed by atoms with Gasteiger partial charge in [0.1, 0.15) is 0 Å². The molecule has 0 radical (unpaired) electrons. The molecular formula is C17H17N3OS. The van der Waals surface area contributed by atoms with Gasteiger partial charge in [-0.3, -0.25) is 4.79 Å². The minimum Gasteiger partial charge on any atom is -0.352 e. The quantitative estimate of drug-likeness (QED) is 0.761. The third-order valence-electron chi connectivity index (χ3n) is 3.35. The largest absolute Gasteiger partial charge is 0.352 e. The molecule has 2 aromatic heterocycles. The minimum absolute atomic E-state index is 0.0601. The number of carbonyl (C=O) groups is 1. The van der Waals surface area contributed by atoms with Crippen LogP contribution >= 0.6 is 11.3 Å². The molecule has 5 heteroatoms. The molecule has 3 rings (SSSR count). The summed E-state index contributed by atoms with van der Waals surface area (Å²) in [7, 11) is 0. The predicted octanol–water partition coefficient (Wildman–Crippen LogP) is 2.85. The maximum Gasteiger partial charge on any atom is 0.225 e. The van der Waals surface area contributed by atoms with Gasteiger partial charge in [0.15, 0.2) is 0 Å². The van der Waals surface area contributed by atoms with Crippen LogP contribution in [0.25, 0.3) is 0 Å². The Hall–Kier alpha value is -2.40. The number of imidazole rings is 1. The van der Waals surface area contributed by atoms with Crippen molar-refractivity contribution in [1.82, 2.24) is 14.9 Å². The molecule has 22 heavy (non-hydrogen) atoms. The fourth-order valence-corrected chi connectivity index (χ4v) is 2.89. The summed E-state index contributed by atoms with van der Waals surface area (Å²) in [6, 6.07) is 12.2. The van der Waals surface area contributed by atoms with Crippen molar-refractivity contribution in [2.24, 2.45) is 0 Å². The Labute approximate surface area is 133 Å². The molecular weight excluding hydrogens is 294 g/mol. The fraction of sp³-hybridized carbons (Fsp3) is 0.176. The van der Waals surface area contributed by atoms with Crippen molar-refractivity contribution in [3.05, 3.63) is 76.5 Å². The summed E-state index contributed by atoms with van der Waals surface area (Å²) < 4.78 is 2.03. The van der Waals surface area contributed by atoms with Crippen molar-refractivity contribution in [3.8, 4) is 0 Å². The van der Waals surface area contributed by atoms with Crippen molar-refractivity contribution in [3.63, 3.8) is 0 Å². The van der Waals surface area contributed by atoms with E-state index in [4.69, 9.17) is 0 Å². The van der Waals surface area contributed by atoms with Crippen LogP contribution in [0, 0.1) is 0 Å². The van der Waals surface area contributed by atoms with Crippen molar-refractivity contribution in [2.75, 3.05) is 0 Å². The zero-order valence-corrected chi connectivity index (χ0v) is 12.9. The molecule has 0 aliphatic rings. The van der Waals surface area contributed by atoms with Gasteiger partial charge in [-0.25, -0.2) is 4.98 Å². The number of amides is 1. The molecule has 1 aromatic carbocycles. The first-order chi connectivity index (χ1) is 10.8. The van der Waals surface area contributed by atoms with E-state index in [0.717, 1.165) is 17.0 Å².